The van der Waals surface area contributed by atoms with Gasteiger partial charge in [-0.2, -0.15) is 0 Å². The molecule has 3 N–H and O–H groups in total. The fraction of sp³-hybridized carbons (Fsp3) is 0.500. The van der Waals surface area contributed by atoms with Gasteiger partial charge in [-0.15, -0.1) is 0 Å². The van der Waals surface area contributed by atoms with E-state index in [0.29, 0.717) is 25.1 Å². The van der Waals surface area contributed by atoms with Crippen LogP contribution in [-0.4, -0.2) is 29.2 Å². The van der Waals surface area contributed by atoms with E-state index >= 15 is 0 Å². The molecule has 1 aromatic carbocycles. The summed E-state index contributed by atoms with van der Waals surface area (Å²) < 4.78 is 5.28. The lowest BCUT2D eigenvalue weighted by Crippen LogP contribution is -2.48. The van der Waals surface area contributed by atoms with E-state index < -0.39 is 11.7 Å². The SMILES string of the molecule is CCCN(NC(=O)c1ccc(CN)cc1)C(=O)OC(C)(C)C. The van der Waals surface area contributed by atoms with Crippen LogP contribution in [0.5, 0.6) is 0 Å². The van der Waals surface area contributed by atoms with Gasteiger partial charge in [0.15, 0.2) is 0 Å². The van der Waals surface area contributed by atoms with Crippen LogP contribution >= 0.6 is 0 Å². The molecule has 0 fully saturated rings. The number of ether oxygens (including phenoxy) is 1. The molecule has 122 valence electrons. The Morgan fingerprint density at radius 1 is 1.23 bits per heavy atom. The lowest BCUT2D eigenvalue weighted by atomic mass is 10.1. The quantitative estimate of drug-likeness (QED) is 0.837. The Hall–Kier alpha value is -2.08. The van der Waals surface area contributed by atoms with Crippen LogP contribution in [0.15, 0.2) is 24.3 Å². The maximum atomic E-state index is 12.2. The number of rotatable bonds is 4. The van der Waals surface area contributed by atoms with Crippen LogP contribution in [0, 0.1) is 0 Å². The molecule has 6 nitrogen and oxygen atoms in total. The van der Waals surface area contributed by atoms with Gasteiger partial charge in [0.1, 0.15) is 5.60 Å². The Labute approximate surface area is 131 Å². The Morgan fingerprint density at radius 3 is 2.27 bits per heavy atom. The molecule has 0 spiro atoms. The van der Waals surface area contributed by atoms with Crippen molar-refractivity contribution in [2.75, 3.05) is 6.54 Å². The van der Waals surface area contributed by atoms with Gasteiger partial charge >= 0.3 is 6.09 Å². The van der Waals surface area contributed by atoms with Crippen LogP contribution in [0.3, 0.4) is 0 Å². The zero-order valence-corrected chi connectivity index (χ0v) is 13.7. The average molecular weight is 307 g/mol. The first-order valence-corrected chi connectivity index (χ1v) is 7.37. The topological polar surface area (TPSA) is 84.7 Å². The van der Waals surface area contributed by atoms with Crippen LogP contribution in [0.25, 0.3) is 0 Å². The van der Waals surface area contributed by atoms with Crippen molar-refractivity contribution >= 4 is 12.0 Å². The molecule has 0 saturated carbocycles. The Morgan fingerprint density at radius 2 is 1.82 bits per heavy atom. The van der Waals surface area contributed by atoms with Crippen molar-refractivity contribution < 1.29 is 14.3 Å². The molecule has 0 bridgehead atoms. The van der Waals surface area contributed by atoms with Gasteiger partial charge in [0.2, 0.25) is 0 Å². The molecule has 0 heterocycles. The van der Waals surface area contributed by atoms with Crippen LogP contribution in [0.2, 0.25) is 0 Å². The summed E-state index contributed by atoms with van der Waals surface area (Å²) in [5.41, 5.74) is 8.89. The molecule has 0 aliphatic rings. The molecule has 0 atom stereocenters. The van der Waals surface area contributed by atoms with Gasteiger partial charge in [0.05, 0.1) is 0 Å². The molecular formula is C16H25N3O3. The van der Waals surface area contributed by atoms with E-state index in [0.717, 1.165) is 5.56 Å². The van der Waals surface area contributed by atoms with Crippen LogP contribution in [0.4, 0.5) is 4.79 Å². The highest BCUT2D eigenvalue weighted by molar-refractivity contribution is 5.94. The molecule has 0 saturated heterocycles. The van der Waals surface area contributed by atoms with Gasteiger partial charge < -0.3 is 10.5 Å². The van der Waals surface area contributed by atoms with Crippen molar-refractivity contribution in [2.24, 2.45) is 5.73 Å². The van der Waals surface area contributed by atoms with Crippen molar-refractivity contribution in [3.05, 3.63) is 35.4 Å². The number of amides is 2. The summed E-state index contributed by atoms with van der Waals surface area (Å²) in [6.07, 6.45) is 0.132. The number of carbonyl (C=O) groups excluding carboxylic acids is 2. The predicted molar refractivity (Wildman–Crippen MR) is 85.0 cm³/mol. The molecule has 1 aromatic rings. The molecular weight excluding hydrogens is 282 g/mol. The Bertz CT molecular complexity index is 506. The maximum Gasteiger partial charge on any atom is 0.429 e. The second-order valence-electron chi connectivity index (χ2n) is 5.97. The van der Waals surface area contributed by atoms with Crippen molar-refractivity contribution in [1.82, 2.24) is 10.4 Å². The smallest absolute Gasteiger partial charge is 0.429 e. The van der Waals surface area contributed by atoms with Crippen molar-refractivity contribution in [1.29, 1.82) is 0 Å². The van der Waals surface area contributed by atoms with E-state index in [1.807, 2.05) is 6.92 Å². The largest absolute Gasteiger partial charge is 0.442 e. The summed E-state index contributed by atoms with van der Waals surface area (Å²) in [5, 5.41) is 1.20. The molecule has 0 aliphatic heterocycles. The van der Waals surface area contributed by atoms with Gasteiger partial charge in [0, 0.05) is 18.7 Å². The van der Waals surface area contributed by atoms with Crippen molar-refractivity contribution in [2.45, 2.75) is 46.3 Å². The number of nitrogens with zero attached hydrogens (tertiary/aromatic N) is 1. The maximum absolute atomic E-state index is 12.2. The summed E-state index contributed by atoms with van der Waals surface area (Å²) in [4.78, 5) is 24.3. The summed E-state index contributed by atoms with van der Waals surface area (Å²) in [6, 6.07) is 6.92. The summed E-state index contributed by atoms with van der Waals surface area (Å²) in [7, 11) is 0. The zero-order chi connectivity index (χ0) is 16.8. The van der Waals surface area contributed by atoms with E-state index in [-0.39, 0.29) is 5.91 Å². The highest BCUT2D eigenvalue weighted by atomic mass is 16.6. The second-order valence-corrected chi connectivity index (χ2v) is 5.97. The fourth-order valence-electron chi connectivity index (χ4n) is 1.71. The number of benzene rings is 1. The van der Waals surface area contributed by atoms with Gasteiger partial charge in [-0.25, -0.2) is 9.80 Å². The monoisotopic (exact) mass is 307 g/mol. The average Bonchev–Trinajstić information content (AvgIpc) is 2.45. The Kier molecular flexibility index (Phi) is 6.37. The first kappa shape index (κ1) is 18.0. The van der Waals surface area contributed by atoms with Gasteiger partial charge in [0.25, 0.3) is 5.91 Å². The lowest BCUT2D eigenvalue weighted by Gasteiger charge is -2.27. The van der Waals surface area contributed by atoms with E-state index in [1.165, 1.54) is 5.01 Å². The Balaban J connectivity index is 2.76. The first-order valence-electron chi connectivity index (χ1n) is 7.37. The third-order valence-electron chi connectivity index (χ3n) is 2.75. The van der Waals surface area contributed by atoms with Crippen molar-refractivity contribution in [3.63, 3.8) is 0 Å². The van der Waals surface area contributed by atoms with E-state index in [9.17, 15) is 9.59 Å². The number of hydrogen-bond donors (Lipinski definition) is 2. The van der Waals surface area contributed by atoms with Crippen LogP contribution in [0.1, 0.15) is 50.0 Å². The predicted octanol–water partition coefficient (Wildman–Crippen LogP) is 2.44. The fourth-order valence-corrected chi connectivity index (χ4v) is 1.71. The minimum atomic E-state index is -0.615. The third-order valence-corrected chi connectivity index (χ3v) is 2.75. The molecule has 0 unspecified atom stereocenters. The van der Waals surface area contributed by atoms with Crippen LogP contribution < -0.4 is 11.2 Å². The number of nitrogens with one attached hydrogen (secondary N) is 1. The lowest BCUT2D eigenvalue weighted by molar-refractivity contribution is 0.0133. The molecule has 1 rings (SSSR count). The highest BCUT2D eigenvalue weighted by Gasteiger charge is 2.23. The molecule has 0 aliphatic carbocycles. The number of hydrazine groups is 1. The zero-order valence-electron chi connectivity index (χ0n) is 13.7. The molecule has 0 radical (unpaired) electrons. The van der Waals surface area contributed by atoms with Gasteiger partial charge in [-0.05, 0) is 44.9 Å². The van der Waals surface area contributed by atoms with Crippen molar-refractivity contribution in [3.8, 4) is 0 Å². The van der Waals surface area contributed by atoms with E-state index in [2.05, 4.69) is 5.43 Å². The standard InChI is InChI=1S/C16H25N3O3/c1-5-10-19(15(21)22-16(2,3)4)18-14(20)13-8-6-12(11-17)7-9-13/h6-9H,5,10-11,17H2,1-4H3,(H,18,20). The van der Waals surface area contributed by atoms with E-state index in [1.54, 1.807) is 45.0 Å². The molecule has 6 heteroatoms. The highest BCUT2D eigenvalue weighted by Crippen LogP contribution is 2.10. The number of carbonyl (C=O) groups is 2. The molecule has 0 aromatic heterocycles. The first-order chi connectivity index (χ1) is 10.3. The summed E-state index contributed by atoms with van der Waals surface area (Å²) in [5.74, 6) is -0.358. The number of hydrogen-bond acceptors (Lipinski definition) is 4. The van der Waals surface area contributed by atoms with Crippen LogP contribution in [-0.2, 0) is 11.3 Å². The minimum absolute atomic E-state index is 0.358. The van der Waals surface area contributed by atoms with E-state index in [4.69, 9.17) is 10.5 Å². The minimum Gasteiger partial charge on any atom is -0.442 e. The van der Waals surface area contributed by atoms with Gasteiger partial charge in [-0.1, -0.05) is 19.1 Å². The van der Waals surface area contributed by atoms with Gasteiger partial charge in [-0.3, -0.25) is 10.2 Å². The third kappa shape index (κ3) is 5.73. The molecule has 2 amide bonds. The second kappa shape index (κ2) is 7.79. The number of nitrogens with two attached hydrogens (primary N) is 1. The molecule has 22 heavy (non-hydrogen) atoms. The summed E-state index contributed by atoms with van der Waals surface area (Å²) in [6.45, 7) is 8.05. The normalized spacial score (nSPS) is 11.0. The summed E-state index contributed by atoms with van der Waals surface area (Å²) >= 11 is 0.